The average molecular weight is 261 g/mol. The van der Waals surface area contributed by atoms with Crippen LogP contribution in [0.15, 0.2) is 24.5 Å². The maximum absolute atomic E-state index is 4.13. The van der Waals surface area contributed by atoms with Crippen molar-refractivity contribution in [1.82, 2.24) is 15.2 Å². The number of hydrogen-bond donors (Lipinski definition) is 1. The first kappa shape index (κ1) is 14.5. The van der Waals surface area contributed by atoms with Crippen molar-refractivity contribution in [2.24, 2.45) is 0 Å². The topological polar surface area (TPSA) is 28.2 Å². The second-order valence-corrected chi connectivity index (χ2v) is 5.99. The lowest BCUT2D eigenvalue weighted by Crippen LogP contribution is -2.62. The first-order valence-corrected chi connectivity index (χ1v) is 7.50. The van der Waals surface area contributed by atoms with Gasteiger partial charge < -0.3 is 5.32 Å². The molecule has 1 aromatic heterocycles. The van der Waals surface area contributed by atoms with Gasteiger partial charge in [0.2, 0.25) is 0 Å². The van der Waals surface area contributed by atoms with Crippen LogP contribution in [-0.4, -0.2) is 34.6 Å². The molecule has 2 heterocycles. The molecule has 106 valence electrons. The van der Waals surface area contributed by atoms with Gasteiger partial charge in [-0.15, -0.1) is 0 Å². The molecule has 1 N–H and O–H groups in total. The van der Waals surface area contributed by atoms with E-state index in [2.05, 4.69) is 55.0 Å². The summed E-state index contributed by atoms with van der Waals surface area (Å²) in [5.74, 6) is 0. The largest absolute Gasteiger partial charge is 0.309 e. The molecule has 1 aliphatic heterocycles. The highest BCUT2D eigenvalue weighted by Gasteiger charge is 2.36. The normalized spacial score (nSPS) is 30.2. The molecule has 3 nitrogen and oxygen atoms in total. The maximum Gasteiger partial charge on any atom is 0.0325 e. The van der Waals surface area contributed by atoms with E-state index in [-0.39, 0.29) is 5.54 Å². The summed E-state index contributed by atoms with van der Waals surface area (Å²) in [7, 11) is 0. The third kappa shape index (κ3) is 3.15. The van der Waals surface area contributed by atoms with Gasteiger partial charge in [-0.25, -0.2) is 0 Å². The molecule has 0 amide bonds. The Labute approximate surface area is 117 Å². The summed E-state index contributed by atoms with van der Waals surface area (Å²) in [5, 5.41) is 3.73. The Bertz CT molecular complexity index is 392. The molecule has 19 heavy (non-hydrogen) atoms. The first-order chi connectivity index (χ1) is 9.09. The smallest absolute Gasteiger partial charge is 0.0325 e. The summed E-state index contributed by atoms with van der Waals surface area (Å²) >= 11 is 0. The van der Waals surface area contributed by atoms with E-state index in [9.17, 15) is 0 Å². The van der Waals surface area contributed by atoms with Crippen LogP contribution in [0.5, 0.6) is 0 Å². The maximum atomic E-state index is 4.13. The van der Waals surface area contributed by atoms with E-state index in [0.29, 0.717) is 12.1 Å². The summed E-state index contributed by atoms with van der Waals surface area (Å²) in [6.07, 6.45) is 6.16. The highest BCUT2D eigenvalue weighted by molar-refractivity contribution is 5.15. The zero-order valence-electron chi connectivity index (χ0n) is 12.7. The Balaban J connectivity index is 2.18. The predicted octanol–water partition coefficient (Wildman–Crippen LogP) is 3.00. The number of rotatable bonds is 4. The Morgan fingerprint density at radius 1 is 1.42 bits per heavy atom. The molecule has 0 radical (unpaired) electrons. The lowest BCUT2D eigenvalue weighted by atomic mass is 9.90. The summed E-state index contributed by atoms with van der Waals surface area (Å²) in [6, 6.07) is 5.37. The van der Waals surface area contributed by atoms with Crippen molar-refractivity contribution >= 4 is 0 Å². The van der Waals surface area contributed by atoms with Gasteiger partial charge in [0.15, 0.2) is 0 Å². The van der Waals surface area contributed by atoms with Crippen molar-refractivity contribution in [1.29, 1.82) is 0 Å². The lowest BCUT2D eigenvalue weighted by Gasteiger charge is -2.48. The minimum Gasteiger partial charge on any atom is -0.309 e. The SMILES string of the molecule is CCC1CNC(C)(CC)CN1C(C)c1ccncc1. The molecule has 3 atom stereocenters. The van der Waals surface area contributed by atoms with Gasteiger partial charge in [-0.3, -0.25) is 9.88 Å². The van der Waals surface area contributed by atoms with Crippen LogP contribution in [0, 0.1) is 0 Å². The molecule has 0 spiro atoms. The van der Waals surface area contributed by atoms with E-state index >= 15 is 0 Å². The molecule has 1 aliphatic rings. The van der Waals surface area contributed by atoms with Gasteiger partial charge in [-0.1, -0.05) is 13.8 Å². The molecule has 0 saturated carbocycles. The average Bonchev–Trinajstić information content (AvgIpc) is 2.47. The second kappa shape index (κ2) is 6.02. The molecule has 0 bridgehead atoms. The van der Waals surface area contributed by atoms with Crippen LogP contribution in [0.3, 0.4) is 0 Å². The molecule has 1 aromatic rings. The Kier molecular flexibility index (Phi) is 4.58. The third-order valence-electron chi connectivity index (χ3n) is 4.70. The number of pyridine rings is 1. The van der Waals surface area contributed by atoms with Crippen LogP contribution in [0.25, 0.3) is 0 Å². The number of nitrogens with zero attached hydrogens (tertiary/aromatic N) is 2. The molecular weight excluding hydrogens is 234 g/mol. The zero-order valence-corrected chi connectivity index (χ0v) is 12.7. The van der Waals surface area contributed by atoms with E-state index in [1.54, 1.807) is 0 Å². The third-order valence-corrected chi connectivity index (χ3v) is 4.70. The minimum absolute atomic E-state index is 0.243. The van der Waals surface area contributed by atoms with Crippen LogP contribution in [0.4, 0.5) is 0 Å². The summed E-state index contributed by atoms with van der Waals surface area (Å²) in [6.45, 7) is 11.4. The van der Waals surface area contributed by atoms with Crippen molar-refractivity contribution in [3.8, 4) is 0 Å². The molecule has 0 aromatic carbocycles. The quantitative estimate of drug-likeness (QED) is 0.903. The number of aromatic nitrogens is 1. The Hall–Kier alpha value is -0.930. The summed E-state index contributed by atoms with van der Waals surface area (Å²) in [5.41, 5.74) is 1.61. The Morgan fingerprint density at radius 2 is 2.11 bits per heavy atom. The number of nitrogens with one attached hydrogen (secondary N) is 1. The fraction of sp³-hybridized carbons (Fsp3) is 0.688. The van der Waals surface area contributed by atoms with Crippen molar-refractivity contribution < 1.29 is 0 Å². The molecule has 3 unspecified atom stereocenters. The van der Waals surface area contributed by atoms with Crippen LogP contribution >= 0.6 is 0 Å². The zero-order chi connectivity index (χ0) is 13.9. The van der Waals surface area contributed by atoms with Gasteiger partial charge in [-0.05, 0) is 44.4 Å². The van der Waals surface area contributed by atoms with Gasteiger partial charge in [0.1, 0.15) is 0 Å². The van der Waals surface area contributed by atoms with Crippen LogP contribution in [0.2, 0.25) is 0 Å². The van der Waals surface area contributed by atoms with E-state index < -0.39 is 0 Å². The van der Waals surface area contributed by atoms with Crippen molar-refractivity contribution in [2.45, 2.75) is 58.2 Å². The molecule has 2 rings (SSSR count). The van der Waals surface area contributed by atoms with E-state index in [4.69, 9.17) is 0 Å². The van der Waals surface area contributed by atoms with Gasteiger partial charge >= 0.3 is 0 Å². The van der Waals surface area contributed by atoms with Crippen LogP contribution < -0.4 is 5.32 Å². The molecule has 1 fully saturated rings. The number of piperazine rings is 1. The Morgan fingerprint density at radius 3 is 2.68 bits per heavy atom. The van der Waals surface area contributed by atoms with Gasteiger partial charge in [0, 0.05) is 43.1 Å². The molecule has 1 saturated heterocycles. The van der Waals surface area contributed by atoms with E-state index in [1.807, 2.05) is 12.4 Å². The van der Waals surface area contributed by atoms with Crippen molar-refractivity contribution in [3.63, 3.8) is 0 Å². The van der Waals surface area contributed by atoms with Crippen molar-refractivity contribution in [2.75, 3.05) is 13.1 Å². The predicted molar refractivity (Wildman–Crippen MR) is 80.1 cm³/mol. The van der Waals surface area contributed by atoms with Gasteiger partial charge in [-0.2, -0.15) is 0 Å². The second-order valence-electron chi connectivity index (χ2n) is 5.99. The fourth-order valence-corrected chi connectivity index (χ4v) is 2.97. The lowest BCUT2D eigenvalue weighted by molar-refractivity contribution is 0.0493. The van der Waals surface area contributed by atoms with Crippen molar-refractivity contribution in [3.05, 3.63) is 30.1 Å². The fourth-order valence-electron chi connectivity index (χ4n) is 2.97. The molecule has 3 heteroatoms. The van der Waals surface area contributed by atoms with E-state index in [1.165, 1.54) is 18.4 Å². The van der Waals surface area contributed by atoms with Crippen LogP contribution in [-0.2, 0) is 0 Å². The standard InChI is InChI=1S/C16H27N3/c1-5-15-11-18-16(4,6-2)12-19(15)13(3)14-7-9-17-10-8-14/h7-10,13,15,18H,5-6,11-12H2,1-4H3. The molecular formula is C16H27N3. The highest BCUT2D eigenvalue weighted by atomic mass is 15.3. The molecule has 0 aliphatic carbocycles. The minimum atomic E-state index is 0.243. The first-order valence-electron chi connectivity index (χ1n) is 7.50. The summed E-state index contributed by atoms with van der Waals surface area (Å²) in [4.78, 5) is 6.79. The highest BCUT2D eigenvalue weighted by Crippen LogP contribution is 2.29. The van der Waals surface area contributed by atoms with Gasteiger partial charge in [0.25, 0.3) is 0 Å². The number of hydrogen-bond acceptors (Lipinski definition) is 3. The summed E-state index contributed by atoms with van der Waals surface area (Å²) < 4.78 is 0. The monoisotopic (exact) mass is 261 g/mol. The van der Waals surface area contributed by atoms with Gasteiger partial charge in [0.05, 0.1) is 0 Å². The van der Waals surface area contributed by atoms with E-state index in [0.717, 1.165) is 13.1 Å². The van der Waals surface area contributed by atoms with Crippen LogP contribution in [0.1, 0.15) is 52.1 Å².